The summed E-state index contributed by atoms with van der Waals surface area (Å²) in [6, 6.07) is 5.92. The molecule has 2 heterocycles. The Bertz CT molecular complexity index is 744. The SMILES string of the molecule is CN(CC(=O)N1CCN(Cc2ccc3c(c2)OCO3)CC1)S(C)(=O)=O. The molecule has 0 spiro atoms. The van der Waals surface area contributed by atoms with Crippen LogP contribution in [0.3, 0.4) is 0 Å². The van der Waals surface area contributed by atoms with E-state index in [2.05, 4.69) is 4.90 Å². The third-order valence-electron chi connectivity index (χ3n) is 4.49. The van der Waals surface area contributed by atoms with E-state index in [1.54, 1.807) is 4.90 Å². The zero-order chi connectivity index (χ0) is 18.0. The van der Waals surface area contributed by atoms with Gasteiger partial charge in [-0.3, -0.25) is 9.69 Å². The van der Waals surface area contributed by atoms with Crippen molar-refractivity contribution < 1.29 is 22.7 Å². The Balaban J connectivity index is 1.49. The quantitative estimate of drug-likeness (QED) is 0.724. The number of rotatable bonds is 5. The van der Waals surface area contributed by atoms with E-state index < -0.39 is 10.0 Å². The van der Waals surface area contributed by atoms with Gasteiger partial charge in [0.05, 0.1) is 12.8 Å². The van der Waals surface area contributed by atoms with Crippen molar-refractivity contribution in [2.75, 3.05) is 52.8 Å². The largest absolute Gasteiger partial charge is 0.454 e. The number of ether oxygens (including phenoxy) is 2. The Kier molecular flexibility index (Phi) is 5.16. The van der Waals surface area contributed by atoms with Gasteiger partial charge in [0.25, 0.3) is 0 Å². The van der Waals surface area contributed by atoms with E-state index in [1.807, 2.05) is 18.2 Å². The molecule has 25 heavy (non-hydrogen) atoms. The van der Waals surface area contributed by atoms with E-state index in [0.717, 1.165) is 47.3 Å². The van der Waals surface area contributed by atoms with Gasteiger partial charge in [-0.25, -0.2) is 8.42 Å². The van der Waals surface area contributed by atoms with Crippen LogP contribution in [-0.2, 0) is 21.4 Å². The van der Waals surface area contributed by atoms with Crippen LogP contribution in [0.15, 0.2) is 18.2 Å². The highest BCUT2D eigenvalue weighted by Crippen LogP contribution is 2.32. The van der Waals surface area contributed by atoms with Crippen molar-refractivity contribution in [2.45, 2.75) is 6.54 Å². The second-order valence-electron chi connectivity index (χ2n) is 6.36. The van der Waals surface area contributed by atoms with E-state index in [-0.39, 0.29) is 19.2 Å². The Morgan fingerprint density at radius 1 is 1.16 bits per heavy atom. The first-order chi connectivity index (χ1) is 11.8. The smallest absolute Gasteiger partial charge is 0.237 e. The van der Waals surface area contributed by atoms with Gasteiger partial charge in [-0.05, 0) is 17.7 Å². The summed E-state index contributed by atoms with van der Waals surface area (Å²) in [4.78, 5) is 16.2. The fraction of sp³-hybridized carbons (Fsp3) is 0.562. The number of nitrogens with zero attached hydrogens (tertiary/aromatic N) is 3. The summed E-state index contributed by atoms with van der Waals surface area (Å²) in [5.74, 6) is 1.39. The van der Waals surface area contributed by atoms with Gasteiger partial charge in [0, 0.05) is 39.8 Å². The molecular weight excluding hydrogens is 346 g/mol. The average Bonchev–Trinajstić information content (AvgIpc) is 3.02. The lowest BCUT2D eigenvalue weighted by molar-refractivity contribution is -0.133. The molecule has 8 nitrogen and oxygen atoms in total. The molecule has 0 atom stereocenters. The maximum atomic E-state index is 12.2. The van der Waals surface area contributed by atoms with Gasteiger partial charge < -0.3 is 14.4 Å². The maximum Gasteiger partial charge on any atom is 0.237 e. The minimum atomic E-state index is -3.34. The number of hydrogen-bond donors (Lipinski definition) is 0. The zero-order valence-electron chi connectivity index (χ0n) is 14.5. The van der Waals surface area contributed by atoms with Crippen LogP contribution in [-0.4, -0.2) is 81.3 Å². The lowest BCUT2D eigenvalue weighted by Gasteiger charge is -2.35. The molecular formula is C16H23N3O5S. The summed E-state index contributed by atoms with van der Waals surface area (Å²) in [7, 11) is -1.92. The summed E-state index contributed by atoms with van der Waals surface area (Å²) in [5.41, 5.74) is 1.14. The van der Waals surface area contributed by atoms with Gasteiger partial charge >= 0.3 is 0 Å². The number of carbonyl (C=O) groups is 1. The Morgan fingerprint density at radius 3 is 2.52 bits per heavy atom. The van der Waals surface area contributed by atoms with Crippen molar-refractivity contribution in [3.63, 3.8) is 0 Å². The third kappa shape index (κ3) is 4.42. The molecule has 0 radical (unpaired) electrons. The van der Waals surface area contributed by atoms with Crippen molar-refractivity contribution in [3.05, 3.63) is 23.8 Å². The highest BCUT2D eigenvalue weighted by atomic mass is 32.2. The van der Waals surface area contributed by atoms with Gasteiger partial charge in [0.2, 0.25) is 22.7 Å². The lowest BCUT2D eigenvalue weighted by atomic mass is 10.1. The van der Waals surface area contributed by atoms with E-state index in [4.69, 9.17) is 9.47 Å². The molecule has 0 aliphatic carbocycles. The predicted molar refractivity (Wildman–Crippen MR) is 91.9 cm³/mol. The second-order valence-corrected chi connectivity index (χ2v) is 8.45. The van der Waals surface area contributed by atoms with E-state index >= 15 is 0 Å². The normalized spacial score (nSPS) is 18.0. The van der Waals surface area contributed by atoms with Gasteiger partial charge in [0.15, 0.2) is 11.5 Å². The second kappa shape index (κ2) is 7.19. The van der Waals surface area contributed by atoms with Gasteiger partial charge in [0.1, 0.15) is 0 Å². The van der Waals surface area contributed by atoms with Crippen LogP contribution in [0.4, 0.5) is 0 Å². The molecule has 2 aliphatic heterocycles. The third-order valence-corrected chi connectivity index (χ3v) is 5.75. The number of hydrogen-bond acceptors (Lipinski definition) is 6. The molecule has 0 saturated carbocycles. The van der Waals surface area contributed by atoms with E-state index in [9.17, 15) is 13.2 Å². The Hall–Kier alpha value is -1.84. The van der Waals surface area contributed by atoms with Crippen LogP contribution < -0.4 is 9.47 Å². The Morgan fingerprint density at radius 2 is 1.84 bits per heavy atom. The van der Waals surface area contributed by atoms with E-state index in [1.165, 1.54) is 7.05 Å². The van der Waals surface area contributed by atoms with Crippen molar-refractivity contribution in [1.29, 1.82) is 0 Å². The maximum absolute atomic E-state index is 12.2. The van der Waals surface area contributed by atoms with Crippen LogP contribution >= 0.6 is 0 Å². The van der Waals surface area contributed by atoms with Gasteiger partial charge in [-0.2, -0.15) is 4.31 Å². The summed E-state index contributed by atoms with van der Waals surface area (Å²) in [5, 5.41) is 0. The van der Waals surface area contributed by atoms with Crippen molar-refractivity contribution in [2.24, 2.45) is 0 Å². The van der Waals surface area contributed by atoms with Crippen LogP contribution in [0.1, 0.15) is 5.56 Å². The summed E-state index contributed by atoms with van der Waals surface area (Å²) in [6.45, 7) is 3.64. The van der Waals surface area contributed by atoms with Crippen molar-refractivity contribution in [1.82, 2.24) is 14.1 Å². The number of fused-ring (bicyclic) bond motifs is 1. The molecule has 0 unspecified atom stereocenters. The summed E-state index contributed by atoms with van der Waals surface area (Å²) < 4.78 is 34.6. The number of carbonyl (C=O) groups excluding carboxylic acids is 1. The lowest BCUT2D eigenvalue weighted by Crippen LogP contribution is -2.50. The topological polar surface area (TPSA) is 79.4 Å². The molecule has 3 rings (SSSR count). The number of amides is 1. The average molecular weight is 369 g/mol. The van der Waals surface area contributed by atoms with Crippen molar-refractivity contribution in [3.8, 4) is 11.5 Å². The number of sulfonamides is 1. The summed E-state index contributed by atoms with van der Waals surface area (Å²) >= 11 is 0. The molecule has 1 amide bonds. The van der Waals surface area contributed by atoms with Crippen LogP contribution in [0.2, 0.25) is 0 Å². The first kappa shape index (κ1) is 18.0. The molecule has 1 fully saturated rings. The predicted octanol–water partition coefficient (Wildman–Crippen LogP) is -0.0491. The molecule has 0 N–H and O–H groups in total. The fourth-order valence-electron chi connectivity index (χ4n) is 2.86. The number of piperazine rings is 1. The molecule has 0 aromatic heterocycles. The van der Waals surface area contributed by atoms with Crippen LogP contribution in [0.5, 0.6) is 11.5 Å². The molecule has 0 bridgehead atoms. The molecule has 2 aliphatic rings. The molecule has 1 aromatic rings. The zero-order valence-corrected chi connectivity index (χ0v) is 15.3. The number of likely N-dealkylation sites (N-methyl/N-ethyl adjacent to an activating group) is 1. The van der Waals surface area contributed by atoms with Gasteiger partial charge in [-0.1, -0.05) is 6.07 Å². The summed E-state index contributed by atoms with van der Waals surface area (Å²) in [6.07, 6.45) is 1.10. The van der Waals surface area contributed by atoms with Crippen molar-refractivity contribution >= 4 is 15.9 Å². The minimum Gasteiger partial charge on any atom is -0.454 e. The first-order valence-corrected chi connectivity index (χ1v) is 9.98. The minimum absolute atomic E-state index is 0.110. The fourth-order valence-corrected chi connectivity index (χ4v) is 3.21. The monoisotopic (exact) mass is 369 g/mol. The first-order valence-electron chi connectivity index (χ1n) is 8.13. The highest BCUT2D eigenvalue weighted by Gasteiger charge is 2.24. The standard InChI is InChI=1S/C16H23N3O5S/c1-17(25(2,21)22)11-16(20)19-7-5-18(6-8-19)10-13-3-4-14-15(9-13)24-12-23-14/h3-4,9H,5-8,10-12H2,1-2H3. The van der Waals surface area contributed by atoms with Gasteiger partial charge in [-0.15, -0.1) is 0 Å². The molecule has 1 aromatic carbocycles. The number of benzene rings is 1. The highest BCUT2D eigenvalue weighted by molar-refractivity contribution is 7.88. The van der Waals surface area contributed by atoms with E-state index in [0.29, 0.717) is 13.1 Å². The molecule has 1 saturated heterocycles. The molecule has 9 heteroatoms. The Labute approximate surface area is 147 Å². The molecule has 138 valence electrons. The van der Waals surface area contributed by atoms with Crippen LogP contribution in [0, 0.1) is 0 Å². The van der Waals surface area contributed by atoms with Crippen LogP contribution in [0.25, 0.3) is 0 Å².